The van der Waals surface area contributed by atoms with Crippen LogP contribution in [0.4, 0.5) is 5.69 Å². The molecule has 0 saturated carbocycles. The number of nitrogens with zero attached hydrogens (tertiary/aromatic N) is 2. The topological polar surface area (TPSA) is 85.1 Å². The molecule has 2 rings (SSSR count). The molecule has 0 aliphatic rings. The van der Waals surface area contributed by atoms with Crippen molar-refractivity contribution in [2.24, 2.45) is 0 Å². The van der Waals surface area contributed by atoms with E-state index in [0.717, 1.165) is 16.0 Å². The third-order valence-electron chi connectivity index (χ3n) is 2.36. The highest BCUT2D eigenvalue weighted by atomic mass is 32.2. The highest BCUT2D eigenvalue weighted by Gasteiger charge is 2.16. The van der Waals surface area contributed by atoms with Gasteiger partial charge in [0.25, 0.3) is 5.89 Å². The van der Waals surface area contributed by atoms with Crippen molar-refractivity contribution in [2.75, 3.05) is 11.0 Å². The maximum absolute atomic E-state index is 11.2. The smallest absolute Gasteiger partial charge is 0.257 e. The number of hydrogen-bond donors (Lipinski definition) is 1. The lowest BCUT2D eigenvalue weighted by Gasteiger charge is -2.00. The molecule has 0 aliphatic heterocycles. The van der Waals surface area contributed by atoms with Gasteiger partial charge in [-0.1, -0.05) is 13.8 Å². The third-order valence-corrected chi connectivity index (χ3v) is 3.99. The van der Waals surface area contributed by atoms with Crippen LogP contribution in [0.5, 0.6) is 0 Å². The molecule has 19 heavy (non-hydrogen) atoms. The first-order valence-electron chi connectivity index (χ1n) is 5.68. The van der Waals surface area contributed by atoms with Gasteiger partial charge in [-0.25, -0.2) is 8.42 Å². The van der Waals surface area contributed by atoms with E-state index in [9.17, 15) is 8.42 Å². The normalized spacial score (nSPS) is 12.1. The molecule has 0 aromatic carbocycles. The van der Waals surface area contributed by atoms with E-state index in [1.165, 1.54) is 11.3 Å². The summed E-state index contributed by atoms with van der Waals surface area (Å²) in [6, 6.07) is 1.71. The van der Waals surface area contributed by atoms with E-state index < -0.39 is 10.0 Å². The number of nitrogens with one attached hydrogen (secondary N) is 1. The fourth-order valence-corrected chi connectivity index (χ4v) is 3.03. The predicted octanol–water partition coefficient (Wildman–Crippen LogP) is 2.60. The van der Waals surface area contributed by atoms with E-state index in [2.05, 4.69) is 14.9 Å². The van der Waals surface area contributed by atoms with Gasteiger partial charge in [0.15, 0.2) is 0 Å². The fourth-order valence-electron chi connectivity index (χ4n) is 1.46. The van der Waals surface area contributed by atoms with Crippen LogP contribution in [0.25, 0.3) is 10.8 Å². The highest BCUT2D eigenvalue weighted by Crippen LogP contribution is 2.34. The van der Waals surface area contributed by atoms with Crippen LogP contribution in [0, 0.1) is 6.92 Å². The van der Waals surface area contributed by atoms with Gasteiger partial charge in [0, 0.05) is 10.8 Å². The largest absolute Gasteiger partial charge is 0.420 e. The average Bonchev–Trinajstić information content (AvgIpc) is 2.84. The van der Waals surface area contributed by atoms with Gasteiger partial charge in [-0.2, -0.15) is 0 Å². The summed E-state index contributed by atoms with van der Waals surface area (Å²) in [4.78, 5) is 1.60. The first-order chi connectivity index (χ1) is 8.76. The second-order valence-corrected chi connectivity index (χ2v) is 7.56. The Morgan fingerprint density at radius 1 is 1.37 bits per heavy atom. The Labute approximate surface area is 115 Å². The summed E-state index contributed by atoms with van der Waals surface area (Å²) in [5.74, 6) is 1.15. The number of aromatic nitrogens is 2. The minimum absolute atomic E-state index is 0.163. The molecule has 0 amide bonds. The quantitative estimate of drug-likeness (QED) is 0.938. The number of sulfonamides is 1. The molecule has 2 aromatic heterocycles. The van der Waals surface area contributed by atoms with Gasteiger partial charge in [-0.15, -0.1) is 21.5 Å². The van der Waals surface area contributed by atoms with Crippen molar-refractivity contribution in [1.82, 2.24) is 10.2 Å². The van der Waals surface area contributed by atoms with Crippen molar-refractivity contribution in [3.63, 3.8) is 0 Å². The summed E-state index contributed by atoms with van der Waals surface area (Å²) in [5.41, 5.74) is 0.548. The standard InChI is InChI=1S/C11H15N3O3S2/c1-6(2)10-12-13-11(17-10)9-5-8(7(3)18-9)14-19(4,15)16/h5-6,14H,1-4H3. The van der Waals surface area contributed by atoms with Crippen LogP contribution in [0.15, 0.2) is 10.5 Å². The van der Waals surface area contributed by atoms with Gasteiger partial charge < -0.3 is 4.42 Å². The monoisotopic (exact) mass is 301 g/mol. The first kappa shape index (κ1) is 14.0. The van der Waals surface area contributed by atoms with Gasteiger partial charge in [0.05, 0.1) is 16.8 Å². The van der Waals surface area contributed by atoms with Crippen LogP contribution in [-0.2, 0) is 10.0 Å². The Bertz CT molecular complexity index is 686. The summed E-state index contributed by atoms with van der Waals surface area (Å²) in [7, 11) is -3.29. The summed E-state index contributed by atoms with van der Waals surface area (Å²) < 4.78 is 30.5. The van der Waals surface area contributed by atoms with Gasteiger partial charge in [0.1, 0.15) is 0 Å². The number of thiophene rings is 1. The SMILES string of the molecule is Cc1sc(-c2nnc(C(C)C)o2)cc1NS(C)(=O)=O. The number of hydrogen-bond acceptors (Lipinski definition) is 6. The van der Waals surface area contributed by atoms with Gasteiger partial charge in [-0.05, 0) is 13.0 Å². The van der Waals surface area contributed by atoms with Crippen LogP contribution < -0.4 is 4.72 Å². The molecule has 0 radical (unpaired) electrons. The lowest BCUT2D eigenvalue weighted by atomic mass is 10.2. The molecular formula is C11H15N3O3S2. The maximum Gasteiger partial charge on any atom is 0.257 e. The predicted molar refractivity (Wildman–Crippen MR) is 74.9 cm³/mol. The van der Waals surface area contributed by atoms with E-state index in [1.807, 2.05) is 20.8 Å². The van der Waals surface area contributed by atoms with Crippen LogP contribution in [0.3, 0.4) is 0 Å². The van der Waals surface area contributed by atoms with Crippen LogP contribution >= 0.6 is 11.3 Å². The zero-order chi connectivity index (χ0) is 14.2. The van der Waals surface area contributed by atoms with Crippen molar-refractivity contribution in [1.29, 1.82) is 0 Å². The molecule has 8 heteroatoms. The molecular weight excluding hydrogens is 286 g/mol. The lowest BCUT2D eigenvalue weighted by Crippen LogP contribution is -2.09. The molecule has 2 heterocycles. The fraction of sp³-hybridized carbons (Fsp3) is 0.455. The minimum Gasteiger partial charge on any atom is -0.420 e. The summed E-state index contributed by atoms with van der Waals surface area (Å²) >= 11 is 1.41. The third kappa shape index (κ3) is 3.32. The van der Waals surface area contributed by atoms with Gasteiger partial charge in [0.2, 0.25) is 15.9 Å². The van der Waals surface area contributed by atoms with Crippen molar-refractivity contribution >= 4 is 27.0 Å². The lowest BCUT2D eigenvalue weighted by molar-refractivity contribution is 0.482. The second kappa shape index (κ2) is 4.93. The van der Waals surface area contributed by atoms with Gasteiger partial charge in [-0.3, -0.25) is 4.72 Å². The van der Waals surface area contributed by atoms with Crippen molar-refractivity contribution in [3.05, 3.63) is 16.8 Å². The molecule has 104 valence electrons. The molecule has 0 unspecified atom stereocenters. The molecule has 0 aliphatic carbocycles. The number of anilines is 1. The number of aryl methyl sites for hydroxylation is 1. The van der Waals surface area contributed by atoms with E-state index in [4.69, 9.17) is 4.42 Å². The van der Waals surface area contributed by atoms with Crippen molar-refractivity contribution in [3.8, 4) is 10.8 Å². The average molecular weight is 301 g/mol. The van der Waals surface area contributed by atoms with Crippen LogP contribution in [-0.4, -0.2) is 24.9 Å². The molecule has 0 bridgehead atoms. The Kier molecular flexibility index (Phi) is 3.64. The highest BCUT2D eigenvalue weighted by molar-refractivity contribution is 7.92. The van der Waals surface area contributed by atoms with Crippen molar-refractivity contribution < 1.29 is 12.8 Å². The van der Waals surface area contributed by atoms with E-state index in [-0.39, 0.29) is 5.92 Å². The molecule has 0 fully saturated rings. The zero-order valence-corrected chi connectivity index (χ0v) is 12.7. The van der Waals surface area contributed by atoms with E-state index in [1.54, 1.807) is 6.07 Å². The van der Waals surface area contributed by atoms with E-state index >= 15 is 0 Å². The second-order valence-electron chi connectivity index (χ2n) is 4.55. The summed E-state index contributed by atoms with van der Waals surface area (Å²) in [5, 5.41) is 7.93. The zero-order valence-electron chi connectivity index (χ0n) is 11.1. The van der Waals surface area contributed by atoms with Crippen molar-refractivity contribution in [2.45, 2.75) is 26.7 Å². The molecule has 0 atom stereocenters. The molecule has 1 N–H and O–H groups in total. The first-order valence-corrected chi connectivity index (χ1v) is 8.39. The Hall–Kier alpha value is -1.41. The summed E-state index contributed by atoms with van der Waals surface area (Å²) in [6.07, 6.45) is 1.12. The molecule has 2 aromatic rings. The Morgan fingerprint density at radius 3 is 2.58 bits per heavy atom. The maximum atomic E-state index is 11.2. The Balaban J connectivity index is 2.33. The number of rotatable bonds is 4. The Morgan fingerprint density at radius 2 is 2.05 bits per heavy atom. The minimum atomic E-state index is -3.29. The van der Waals surface area contributed by atoms with Crippen LogP contribution in [0.2, 0.25) is 0 Å². The molecule has 0 saturated heterocycles. The molecule has 0 spiro atoms. The summed E-state index contributed by atoms with van der Waals surface area (Å²) in [6.45, 7) is 5.77. The molecule has 6 nitrogen and oxygen atoms in total. The van der Waals surface area contributed by atoms with Gasteiger partial charge >= 0.3 is 0 Å². The van der Waals surface area contributed by atoms with Crippen LogP contribution in [0.1, 0.15) is 30.5 Å². The van der Waals surface area contributed by atoms with E-state index in [0.29, 0.717) is 17.5 Å².